The Morgan fingerprint density at radius 3 is 2.83 bits per heavy atom. The van der Waals surface area contributed by atoms with Crippen LogP contribution in [-0.4, -0.2) is 58.8 Å². The Morgan fingerprint density at radius 2 is 2.06 bits per heavy atom. The number of aliphatic hydroxyl groups excluding tert-OH is 1. The summed E-state index contributed by atoms with van der Waals surface area (Å²) < 4.78 is 14.9. The van der Waals surface area contributed by atoms with E-state index < -0.39 is 35.7 Å². The lowest BCUT2D eigenvalue weighted by Crippen LogP contribution is -2.47. The number of anilines is 1. The van der Waals surface area contributed by atoms with E-state index in [-0.39, 0.29) is 0 Å². The fourth-order valence-electron chi connectivity index (χ4n) is 5.37. The minimum atomic E-state index is -1.48. The van der Waals surface area contributed by atoms with Gasteiger partial charge < -0.3 is 35.1 Å². The van der Waals surface area contributed by atoms with Gasteiger partial charge in [0.25, 0.3) is 0 Å². The van der Waals surface area contributed by atoms with Crippen LogP contribution in [0.15, 0.2) is 47.3 Å². The predicted molar refractivity (Wildman–Crippen MR) is 135 cm³/mol. The summed E-state index contributed by atoms with van der Waals surface area (Å²) in [5.41, 5.74) is 4.93. The van der Waals surface area contributed by atoms with Gasteiger partial charge in [0.2, 0.25) is 0 Å². The summed E-state index contributed by atoms with van der Waals surface area (Å²) in [5.74, 6) is 0.956. The van der Waals surface area contributed by atoms with Gasteiger partial charge in [-0.15, -0.1) is 0 Å². The van der Waals surface area contributed by atoms with Gasteiger partial charge in [0.05, 0.1) is 15.7 Å². The van der Waals surface area contributed by atoms with Crippen LogP contribution < -0.4 is 10.5 Å². The van der Waals surface area contributed by atoms with Crippen LogP contribution in [0.5, 0.6) is 5.75 Å². The number of pyridine rings is 1. The molecule has 11 heteroatoms. The summed E-state index contributed by atoms with van der Waals surface area (Å²) in [6.07, 6.45) is 0.582. The molecule has 6 rings (SSSR count). The Hall–Kier alpha value is -2.83. The van der Waals surface area contributed by atoms with Gasteiger partial charge >= 0.3 is 0 Å². The molecule has 0 bridgehead atoms. The number of nitrogens with two attached hydrogens (primary N) is 1. The highest BCUT2D eigenvalue weighted by Crippen LogP contribution is 2.48. The van der Waals surface area contributed by atoms with Gasteiger partial charge in [-0.2, -0.15) is 0 Å². The molecule has 1 unspecified atom stereocenters. The number of rotatable bonds is 4. The van der Waals surface area contributed by atoms with Crippen molar-refractivity contribution in [3.63, 3.8) is 0 Å². The van der Waals surface area contributed by atoms with E-state index >= 15 is 0 Å². The Morgan fingerprint density at radius 1 is 1.25 bits per heavy atom. The number of halogens is 1. The molecule has 5 atom stereocenters. The molecule has 5 N–H and O–H groups in total. The highest BCUT2D eigenvalue weighted by atomic mass is 79.9. The molecule has 0 spiro atoms. The van der Waals surface area contributed by atoms with Gasteiger partial charge in [0.1, 0.15) is 53.1 Å². The highest BCUT2D eigenvalue weighted by molar-refractivity contribution is 9.10. The standard InChI is InChI=1S/C25H26BrN5O5/c1-24(2,33)18-14-6-8-31(22(14)29-11-28-18)23-19(32)25(34)7-5-17(20(25)36-23)35-13-4-3-12-9-15(26)21(27)30-16(12)10-13/h3-4,6,8-11,17,19-20,23,32-34H,5,7H2,1-2H3,(H2,27,30)/t17-,19?,20+,23+,25-/m0/s1. The molecule has 0 radical (unpaired) electrons. The molecule has 4 aromatic rings. The van der Waals surface area contributed by atoms with Crippen molar-refractivity contribution in [3.05, 3.63) is 53.0 Å². The van der Waals surface area contributed by atoms with Crippen LogP contribution in [0.25, 0.3) is 21.9 Å². The molecule has 2 fully saturated rings. The number of benzene rings is 1. The van der Waals surface area contributed by atoms with Crippen LogP contribution in [-0.2, 0) is 10.3 Å². The lowest BCUT2D eigenvalue weighted by Gasteiger charge is -2.26. The monoisotopic (exact) mass is 555 g/mol. The van der Waals surface area contributed by atoms with Gasteiger partial charge in [-0.25, -0.2) is 15.0 Å². The zero-order valence-corrected chi connectivity index (χ0v) is 21.3. The Labute approximate surface area is 214 Å². The molecule has 0 amide bonds. The molecule has 1 aliphatic heterocycles. The zero-order chi connectivity index (χ0) is 25.4. The molecule has 1 saturated heterocycles. The second kappa shape index (κ2) is 8.09. The zero-order valence-electron chi connectivity index (χ0n) is 19.7. The van der Waals surface area contributed by atoms with E-state index in [0.29, 0.717) is 46.7 Å². The topological polar surface area (TPSA) is 149 Å². The lowest BCUT2D eigenvalue weighted by atomic mass is 9.94. The second-order valence-corrected chi connectivity index (χ2v) is 10.9. The second-order valence-electron chi connectivity index (χ2n) is 10.0. The largest absolute Gasteiger partial charge is 0.488 e. The molecule has 36 heavy (non-hydrogen) atoms. The average Bonchev–Trinajstić information content (AvgIpc) is 3.46. The number of aromatic nitrogens is 4. The van der Waals surface area contributed by atoms with E-state index in [1.54, 1.807) is 36.7 Å². The van der Waals surface area contributed by atoms with Crippen molar-refractivity contribution in [1.29, 1.82) is 0 Å². The Kier molecular flexibility index (Phi) is 5.29. The molecule has 3 aromatic heterocycles. The van der Waals surface area contributed by atoms with Crippen molar-refractivity contribution in [2.45, 2.75) is 62.4 Å². The van der Waals surface area contributed by atoms with Crippen molar-refractivity contribution in [3.8, 4) is 5.75 Å². The van der Waals surface area contributed by atoms with E-state index in [1.165, 1.54) is 6.33 Å². The maximum Gasteiger partial charge on any atom is 0.164 e. The first kappa shape index (κ1) is 23.6. The van der Waals surface area contributed by atoms with Gasteiger partial charge in [-0.05, 0) is 66.9 Å². The molecule has 2 aliphatic rings. The molecule has 1 saturated carbocycles. The number of ether oxygens (including phenoxy) is 2. The number of hydrogen-bond acceptors (Lipinski definition) is 9. The van der Waals surface area contributed by atoms with E-state index in [0.717, 1.165) is 9.86 Å². The van der Waals surface area contributed by atoms with E-state index in [9.17, 15) is 15.3 Å². The number of fused-ring (bicyclic) bond motifs is 3. The lowest BCUT2D eigenvalue weighted by molar-refractivity contribution is -0.0791. The van der Waals surface area contributed by atoms with Crippen LogP contribution >= 0.6 is 15.9 Å². The SMILES string of the molecule is CC(C)(O)c1ncnc2c1ccn2[C@@H]1O[C@@H]2[C@@H](Oc3ccc4cc(Br)c(N)nc4c3)CC[C@]2(O)C1O. The van der Waals surface area contributed by atoms with Crippen LogP contribution in [0, 0.1) is 0 Å². The summed E-state index contributed by atoms with van der Waals surface area (Å²) in [4.78, 5) is 13.0. The minimum Gasteiger partial charge on any atom is -0.488 e. The predicted octanol–water partition coefficient (Wildman–Crippen LogP) is 2.78. The number of aliphatic hydroxyl groups is 3. The number of hydrogen-bond donors (Lipinski definition) is 4. The van der Waals surface area contributed by atoms with Gasteiger partial charge in [0, 0.05) is 23.0 Å². The summed E-state index contributed by atoms with van der Waals surface area (Å²) in [6, 6.07) is 9.19. The summed E-state index contributed by atoms with van der Waals surface area (Å²) in [5, 5.41) is 34.7. The molecule has 188 valence electrons. The van der Waals surface area contributed by atoms with Gasteiger partial charge in [-0.3, -0.25) is 0 Å². The molecule has 1 aliphatic carbocycles. The highest BCUT2D eigenvalue weighted by Gasteiger charge is 2.62. The Bertz CT molecular complexity index is 1490. The summed E-state index contributed by atoms with van der Waals surface area (Å²) >= 11 is 3.39. The first-order chi connectivity index (χ1) is 17.1. The maximum absolute atomic E-state index is 11.4. The average molecular weight is 556 g/mol. The van der Waals surface area contributed by atoms with Crippen molar-refractivity contribution in [2.24, 2.45) is 0 Å². The fourth-order valence-corrected chi connectivity index (χ4v) is 5.70. The first-order valence-corrected chi connectivity index (χ1v) is 12.5. The third kappa shape index (κ3) is 3.57. The number of nitrogens with zero attached hydrogens (tertiary/aromatic N) is 4. The van der Waals surface area contributed by atoms with E-state index in [2.05, 4.69) is 30.9 Å². The molecular formula is C25H26BrN5O5. The van der Waals surface area contributed by atoms with Crippen LogP contribution in [0.4, 0.5) is 5.82 Å². The molecule has 1 aromatic carbocycles. The molecule has 4 heterocycles. The summed E-state index contributed by atoms with van der Waals surface area (Å²) in [7, 11) is 0. The van der Waals surface area contributed by atoms with Crippen LogP contribution in [0.2, 0.25) is 0 Å². The van der Waals surface area contributed by atoms with Crippen LogP contribution in [0.3, 0.4) is 0 Å². The van der Waals surface area contributed by atoms with Crippen molar-refractivity contribution >= 4 is 43.7 Å². The summed E-state index contributed by atoms with van der Waals surface area (Å²) in [6.45, 7) is 3.30. The fraction of sp³-hybridized carbons (Fsp3) is 0.400. The van der Waals surface area contributed by atoms with E-state index in [1.807, 2.05) is 18.2 Å². The smallest absolute Gasteiger partial charge is 0.164 e. The normalized spacial score (nSPS) is 28.2. The van der Waals surface area contributed by atoms with Crippen molar-refractivity contribution in [2.75, 3.05) is 5.73 Å². The quantitative estimate of drug-likeness (QED) is 0.298. The third-order valence-electron chi connectivity index (χ3n) is 7.15. The van der Waals surface area contributed by atoms with E-state index in [4.69, 9.17) is 15.2 Å². The Balaban J connectivity index is 1.30. The van der Waals surface area contributed by atoms with Crippen molar-refractivity contribution in [1.82, 2.24) is 19.5 Å². The number of nitrogen functional groups attached to an aromatic ring is 1. The van der Waals surface area contributed by atoms with Gasteiger partial charge in [-0.1, -0.05) is 0 Å². The van der Waals surface area contributed by atoms with Crippen LogP contribution in [0.1, 0.15) is 38.6 Å². The van der Waals surface area contributed by atoms with Crippen molar-refractivity contribution < 1.29 is 24.8 Å². The third-order valence-corrected chi connectivity index (χ3v) is 7.78. The van der Waals surface area contributed by atoms with Gasteiger partial charge in [0.15, 0.2) is 6.23 Å². The first-order valence-electron chi connectivity index (χ1n) is 11.7. The molecule has 10 nitrogen and oxygen atoms in total. The maximum atomic E-state index is 11.4. The minimum absolute atomic E-state index is 0.314. The molecular weight excluding hydrogens is 530 g/mol.